The van der Waals surface area contributed by atoms with E-state index in [-0.39, 0.29) is 23.1 Å². The summed E-state index contributed by atoms with van der Waals surface area (Å²) in [4.78, 5) is 30.9. The van der Waals surface area contributed by atoms with Gasteiger partial charge in [0.25, 0.3) is 5.91 Å². The maximum absolute atomic E-state index is 13.3. The molecule has 1 amide bonds. The third kappa shape index (κ3) is 3.29. The summed E-state index contributed by atoms with van der Waals surface area (Å²) >= 11 is 1.57. The third-order valence-electron chi connectivity index (χ3n) is 5.82. The van der Waals surface area contributed by atoms with Crippen molar-refractivity contribution in [2.75, 3.05) is 39.4 Å². The van der Waals surface area contributed by atoms with Crippen molar-refractivity contribution in [3.8, 4) is 0 Å². The number of quaternary nitrogens is 1. The molecule has 0 radical (unpaired) electrons. The summed E-state index contributed by atoms with van der Waals surface area (Å²) in [7, 11) is 0. The molecule has 7 heteroatoms. The zero-order valence-electron chi connectivity index (χ0n) is 16.1. The number of nitrogens with one attached hydrogen (secondary N) is 1. The Kier molecular flexibility index (Phi) is 4.95. The first kappa shape index (κ1) is 18.5. The Balaban J connectivity index is 1.49. The number of hydrogen-bond donors (Lipinski definition) is 1. The highest BCUT2D eigenvalue weighted by Gasteiger charge is 2.43. The molecule has 150 valence electrons. The second-order valence-electron chi connectivity index (χ2n) is 7.55. The van der Waals surface area contributed by atoms with Gasteiger partial charge in [-0.05, 0) is 23.6 Å². The second-order valence-corrected chi connectivity index (χ2v) is 8.53. The third-order valence-corrected chi connectivity index (χ3v) is 6.74. The first-order chi connectivity index (χ1) is 14.2. The monoisotopic (exact) mass is 411 g/mol. The fraction of sp³-hybridized carbons (Fsp3) is 0.364. The molecule has 0 unspecified atom stereocenters. The molecule has 29 heavy (non-hydrogen) atoms. The Morgan fingerprint density at radius 2 is 1.93 bits per heavy atom. The molecule has 3 aromatic rings. The zero-order chi connectivity index (χ0) is 19.8. The molecular formula is C22H23N2O4S+. The van der Waals surface area contributed by atoms with E-state index in [0.717, 1.165) is 44.1 Å². The number of carbonyl (C=O) groups is 1. The van der Waals surface area contributed by atoms with Crippen molar-refractivity contribution in [1.29, 1.82) is 0 Å². The second kappa shape index (κ2) is 7.74. The molecule has 2 aliphatic rings. The molecule has 0 bridgehead atoms. The lowest BCUT2D eigenvalue weighted by molar-refractivity contribution is -0.908. The Morgan fingerprint density at radius 1 is 1.10 bits per heavy atom. The number of hydrogen-bond acceptors (Lipinski definition) is 5. The van der Waals surface area contributed by atoms with Crippen LogP contribution in [-0.4, -0.2) is 50.2 Å². The van der Waals surface area contributed by atoms with Gasteiger partial charge in [0.15, 0.2) is 5.43 Å². The van der Waals surface area contributed by atoms with E-state index >= 15 is 0 Å². The highest BCUT2D eigenvalue weighted by atomic mass is 32.1. The molecule has 4 heterocycles. The summed E-state index contributed by atoms with van der Waals surface area (Å²) in [5, 5.41) is 2.51. The number of carbonyl (C=O) groups excluding carboxylic acids is 1. The maximum atomic E-state index is 13.3. The van der Waals surface area contributed by atoms with Crippen LogP contribution in [0, 0.1) is 0 Å². The van der Waals surface area contributed by atoms with Crippen LogP contribution in [0.4, 0.5) is 0 Å². The van der Waals surface area contributed by atoms with E-state index in [9.17, 15) is 9.59 Å². The van der Waals surface area contributed by atoms with E-state index in [1.165, 1.54) is 4.90 Å². The summed E-state index contributed by atoms with van der Waals surface area (Å²) in [6.07, 6.45) is 0.880. The minimum atomic E-state index is -0.363. The molecule has 1 atom stereocenters. The van der Waals surface area contributed by atoms with Gasteiger partial charge in [0.05, 0.1) is 36.8 Å². The number of rotatable bonds is 5. The SMILES string of the molecule is O=C1c2oc3ccccc3c(=O)c2[C@H](c2cccs2)N1CCC[NH+]1CCOCC1. The van der Waals surface area contributed by atoms with E-state index < -0.39 is 0 Å². The van der Waals surface area contributed by atoms with Crippen LogP contribution in [-0.2, 0) is 4.74 Å². The van der Waals surface area contributed by atoms with Crippen LogP contribution in [0.15, 0.2) is 51.0 Å². The number of ether oxygens (including phenoxy) is 1. The summed E-state index contributed by atoms with van der Waals surface area (Å²) in [5.74, 6) is 0.0176. The summed E-state index contributed by atoms with van der Waals surface area (Å²) in [5.41, 5.74) is 0.846. The fourth-order valence-electron chi connectivity index (χ4n) is 4.35. The molecule has 1 fully saturated rings. The molecule has 0 saturated carbocycles. The lowest BCUT2D eigenvalue weighted by Gasteiger charge is -2.27. The Labute approximate surface area is 172 Å². The van der Waals surface area contributed by atoms with Crippen LogP contribution < -0.4 is 10.3 Å². The van der Waals surface area contributed by atoms with Crippen LogP contribution >= 0.6 is 11.3 Å². The largest absolute Gasteiger partial charge is 0.450 e. The van der Waals surface area contributed by atoms with Gasteiger partial charge in [0, 0.05) is 17.8 Å². The van der Waals surface area contributed by atoms with Crippen molar-refractivity contribution in [3.05, 3.63) is 68.2 Å². The quantitative estimate of drug-likeness (QED) is 0.694. The van der Waals surface area contributed by atoms with Gasteiger partial charge in [-0.1, -0.05) is 18.2 Å². The number of para-hydroxylation sites is 1. The van der Waals surface area contributed by atoms with Gasteiger partial charge in [-0.2, -0.15) is 0 Å². The Morgan fingerprint density at radius 3 is 2.72 bits per heavy atom. The Hall–Kier alpha value is -2.48. The van der Waals surface area contributed by atoms with Gasteiger partial charge in [0.2, 0.25) is 5.76 Å². The minimum absolute atomic E-state index is 0.102. The van der Waals surface area contributed by atoms with Crippen molar-refractivity contribution in [1.82, 2.24) is 4.90 Å². The predicted molar refractivity (Wildman–Crippen MR) is 111 cm³/mol. The molecule has 5 rings (SSSR count). The highest BCUT2D eigenvalue weighted by molar-refractivity contribution is 7.10. The van der Waals surface area contributed by atoms with Crippen LogP contribution in [0.1, 0.15) is 33.5 Å². The fourth-order valence-corrected chi connectivity index (χ4v) is 5.20. The zero-order valence-corrected chi connectivity index (χ0v) is 16.9. The van der Waals surface area contributed by atoms with Crippen LogP contribution in [0.25, 0.3) is 11.0 Å². The van der Waals surface area contributed by atoms with Crippen LogP contribution in [0.5, 0.6) is 0 Å². The normalized spacial score (nSPS) is 19.8. The number of benzene rings is 1. The smallest absolute Gasteiger partial charge is 0.290 e. The summed E-state index contributed by atoms with van der Waals surface area (Å²) < 4.78 is 11.4. The molecule has 6 nitrogen and oxygen atoms in total. The summed E-state index contributed by atoms with van der Waals surface area (Å²) in [6.45, 7) is 5.20. The van der Waals surface area contributed by atoms with Crippen molar-refractivity contribution >= 4 is 28.2 Å². The Bertz CT molecular complexity index is 1090. The lowest BCUT2D eigenvalue weighted by Crippen LogP contribution is -3.14. The maximum Gasteiger partial charge on any atom is 0.290 e. The predicted octanol–water partition coefficient (Wildman–Crippen LogP) is 1.70. The minimum Gasteiger partial charge on any atom is -0.450 e. The molecule has 0 spiro atoms. The van der Waals surface area contributed by atoms with Crippen molar-refractivity contribution in [3.63, 3.8) is 0 Å². The number of fused-ring (bicyclic) bond motifs is 2. The topological polar surface area (TPSA) is 64.2 Å². The van der Waals surface area contributed by atoms with E-state index in [4.69, 9.17) is 9.15 Å². The molecule has 1 N–H and O–H groups in total. The van der Waals surface area contributed by atoms with Crippen molar-refractivity contribution in [2.24, 2.45) is 0 Å². The van der Waals surface area contributed by atoms with Gasteiger partial charge < -0.3 is 19.0 Å². The summed E-state index contributed by atoms with van der Waals surface area (Å²) in [6, 6.07) is 10.7. The van der Waals surface area contributed by atoms with Gasteiger partial charge in [0.1, 0.15) is 18.7 Å². The molecule has 1 saturated heterocycles. The number of nitrogens with zero attached hydrogens (tertiary/aromatic N) is 1. The molecule has 2 aliphatic heterocycles. The van der Waals surface area contributed by atoms with Crippen LogP contribution in [0.3, 0.4) is 0 Å². The average Bonchev–Trinajstić information content (AvgIpc) is 3.37. The first-order valence-electron chi connectivity index (χ1n) is 10.1. The average molecular weight is 412 g/mol. The first-order valence-corrected chi connectivity index (χ1v) is 10.9. The van der Waals surface area contributed by atoms with Crippen molar-refractivity contribution in [2.45, 2.75) is 12.5 Å². The lowest BCUT2D eigenvalue weighted by atomic mass is 10.0. The highest BCUT2D eigenvalue weighted by Crippen LogP contribution is 2.39. The van der Waals surface area contributed by atoms with Gasteiger partial charge >= 0.3 is 0 Å². The standard InChI is InChI=1S/C22H22N2O4S/c25-20-15-5-1-2-6-16(15)28-21-18(20)19(17-7-3-14-29-17)24(22(21)26)9-4-8-23-10-12-27-13-11-23/h1-3,5-7,14,19H,4,8-13H2/p+1/t19-/m0/s1. The molecular weight excluding hydrogens is 388 g/mol. The number of morpholine rings is 1. The number of amides is 1. The van der Waals surface area contributed by atoms with E-state index in [1.54, 1.807) is 23.5 Å². The van der Waals surface area contributed by atoms with Gasteiger partial charge in [-0.3, -0.25) is 9.59 Å². The van der Waals surface area contributed by atoms with E-state index in [1.807, 2.05) is 34.5 Å². The van der Waals surface area contributed by atoms with Gasteiger partial charge in [-0.15, -0.1) is 11.3 Å². The van der Waals surface area contributed by atoms with E-state index in [2.05, 4.69) is 0 Å². The van der Waals surface area contributed by atoms with Crippen molar-refractivity contribution < 1.29 is 18.8 Å². The van der Waals surface area contributed by atoms with E-state index in [0.29, 0.717) is 23.1 Å². The molecule has 0 aliphatic carbocycles. The molecule has 2 aromatic heterocycles. The molecule has 1 aromatic carbocycles. The van der Waals surface area contributed by atoms with Crippen LogP contribution in [0.2, 0.25) is 0 Å². The van der Waals surface area contributed by atoms with Gasteiger partial charge in [-0.25, -0.2) is 0 Å². The number of thiophene rings is 1.